The number of piperidine rings is 1. The van der Waals surface area contributed by atoms with Crippen LogP contribution in [0.5, 0.6) is 0 Å². The lowest BCUT2D eigenvalue weighted by Crippen LogP contribution is -2.34. The van der Waals surface area contributed by atoms with E-state index in [1.807, 2.05) is 28.3 Å². The summed E-state index contributed by atoms with van der Waals surface area (Å²) in [6, 6.07) is 7.05. The predicted molar refractivity (Wildman–Crippen MR) is 113 cm³/mol. The molecule has 1 saturated heterocycles. The molecule has 0 unspecified atom stereocenters. The molecule has 0 atom stereocenters. The highest BCUT2D eigenvalue weighted by molar-refractivity contribution is 7.12. The number of anilines is 1. The third kappa shape index (κ3) is 4.03. The van der Waals surface area contributed by atoms with Gasteiger partial charge in [0.2, 0.25) is 5.91 Å². The van der Waals surface area contributed by atoms with E-state index in [1.165, 1.54) is 30.6 Å². The third-order valence-corrected chi connectivity index (χ3v) is 7.82. The monoisotopic (exact) mass is 398 g/mol. The van der Waals surface area contributed by atoms with Gasteiger partial charge in [-0.25, -0.2) is 4.68 Å². The van der Waals surface area contributed by atoms with Gasteiger partial charge in [0.25, 0.3) is 0 Å². The topological polar surface area (TPSA) is 50.2 Å². The van der Waals surface area contributed by atoms with Crippen molar-refractivity contribution in [3.8, 4) is 0 Å². The van der Waals surface area contributed by atoms with E-state index in [4.69, 9.17) is 0 Å². The summed E-state index contributed by atoms with van der Waals surface area (Å²) < 4.78 is 2.04. The number of hydrogen-bond acceptors (Lipinski definition) is 4. The van der Waals surface area contributed by atoms with Crippen LogP contribution in [0.4, 0.5) is 5.82 Å². The molecule has 3 aliphatic rings. The number of nitrogens with one attached hydrogen (secondary N) is 1. The average molecular weight is 399 g/mol. The number of nitrogens with zero attached hydrogens (tertiary/aromatic N) is 3. The molecule has 5 nitrogen and oxygen atoms in total. The van der Waals surface area contributed by atoms with Crippen LogP contribution in [0.2, 0.25) is 0 Å². The van der Waals surface area contributed by atoms with Gasteiger partial charge in [-0.3, -0.25) is 9.69 Å². The summed E-state index contributed by atoms with van der Waals surface area (Å²) in [5.74, 6) is 2.09. The van der Waals surface area contributed by atoms with E-state index in [-0.39, 0.29) is 11.8 Å². The summed E-state index contributed by atoms with van der Waals surface area (Å²) in [7, 11) is 0. The molecule has 0 spiro atoms. The first-order valence-electron chi connectivity index (χ1n) is 10.9. The number of likely N-dealkylation sites (tertiary alicyclic amines) is 1. The molecule has 28 heavy (non-hydrogen) atoms. The molecule has 5 rings (SSSR count). The van der Waals surface area contributed by atoms with Crippen molar-refractivity contribution in [3.05, 3.63) is 34.2 Å². The normalized spacial score (nSPS) is 22.0. The Kier molecular flexibility index (Phi) is 5.24. The zero-order valence-electron chi connectivity index (χ0n) is 16.5. The van der Waals surface area contributed by atoms with Crippen molar-refractivity contribution in [1.29, 1.82) is 0 Å². The fourth-order valence-corrected chi connectivity index (χ4v) is 5.95. The van der Waals surface area contributed by atoms with Gasteiger partial charge in [0.05, 0.1) is 12.2 Å². The van der Waals surface area contributed by atoms with Crippen LogP contribution in [-0.4, -0.2) is 33.7 Å². The van der Waals surface area contributed by atoms with Crippen molar-refractivity contribution in [2.75, 3.05) is 18.4 Å². The number of amides is 1. The second-order valence-corrected chi connectivity index (χ2v) is 9.92. The summed E-state index contributed by atoms with van der Waals surface area (Å²) in [5, 5.41) is 7.59. The van der Waals surface area contributed by atoms with E-state index in [0.29, 0.717) is 6.04 Å². The molecule has 1 amide bonds. The van der Waals surface area contributed by atoms with Gasteiger partial charge in [0.1, 0.15) is 5.82 Å². The maximum atomic E-state index is 12.1. The number of aromatic nitrogens is 2. The number of thiophene rings is 1. The van der Waals surface area contributed by atoms with Crippen LogP contribution in [0.25, 0.3) is 0 Å². The van der Waals surface area contributed by atoms with Crippen LogP contribution in [0.3, 0.4) is 0 Å². The lowest BCUT2D eigenvalue weighted by atomic mass is 10.1. The van der Waals surface area contributed by atoms with Crippen molar-refractivity contribution in [3.63, 3.8) is 0 Å². The Morgan fingerprint density at radius 1 is 1.07 bits per heavy atom. The van der Waals surface area contributed by atoms with Crippen LogP contribution < -0.4 is 5.32 Å². The van der Waals surface area contributed by atoms with Gasteiger partial charge >= 0.3 is 0 Å². The van der Waals surface area contributed by atoms with Crippen LogP contribution in [-0.2, 0) is 11.3 Å². The molecule has 0 radical (unpaired) electrons. The largest absolute Gasteiger partial charge is 0.311 e. The SMILES string of the molecule is O=C(Nc1ccnn1C1CCN(Cc2ccc(C3CCCC3)s2)CC1)C1CC1. The molecule has 3 heterocycles. The van der Waals surface area contributed by atoms with Crippen LogP contribution >= 0.6 is 11.3 Å². The predicted octanol–water partition coefficient (Wildman–Crippen LogP) is 4.79. The summed E-state index contributed by atoms with van der Waals surface area (Å²) in [5.41, 5.74) is 0. The Morgan fingerprint density at radius 2 is 1.86 bits per heavy atom. The van der Waals surface area contributed by atoms with E-state index < -0.39 is 0 Å². The Bertz CT molecular complexity index is 810. The minimum Gasteiger partial charge on any atom is -0.311 e. The van der Waals surface area contributed by atoms with Gasteiger partial charge in [0.15, 0.2) is 0 Å². The Labute approximate surface area is 171 Å². The van der Waals surface area contributed by atoms with E-state index in [9.17, 15) is 4.79 Å². The Morgan fingerprint density at radius 3 is 2.61 bits per heavy atom. The molecule has 1 aliphatic heterocycles. The molecule has 1 N–H and O–H groups in total. The molecule has 6 heteroatoms. The number of carbonyl (C=O) groups excluding carboxylic acids is 1. The van der Waals surface area contributed by atoms with E-state index in [0.717, 1.165) is 57.1 Å². The van der Waals surface area contributed by atoms with Crippen molar-refractivity contribution in [2.45, 2.75) is 69.9 Å². The second-order valence-electron chi connectivity index (χ2n) is 8.72. The van der Waals surface area contributed by atoms with Crippen LogP contribution in [0, 0.1) is 5.92 Å². The molecule has 150 valence electrons. The van der Waals surface area contributed by atoms with Gasteiger partial charge in [-0.15, -0.1) is 11.3 Å². The second kappa shape index (κ2) is 7.99. The molecule has 2 aliphatic carbocycles. The fraction of sp³-hybridized carbons (Fsp3) is 0.636. The first kappa shape index (κ1) is 18.4. The van der Waals surface area contributed by atoms with E-state index in [1.54, 1.807) is 4.88 Å². The zero-order valence-corrected chi connectivity index (χ0v) is 17.3. The maximum absolute atomic E-state index is 12.1. The van der Waals surface area contributed by atoms with Gasteiger partial charge in [-0.2, -0.15) is 5.10 Å². The smallest absolute Gasteiger partial charge is 0.228 e. The minimum absolute atomic E-state index is 0.162. The highest BCUT2D eigenvalue weighted by Crippen LogP contribution is 2.38. The first-order chi connectivity index (χ1) is 13.8. The van der Waals surface area contributed by atoms with Gasteiger partial charge < -0.3 is 5.32 Å². The third-order valence-electron chi connectivity index (χ3n) is 6.59. The molecular formula is C22H30N4OS. The van der Waals surface area contributed by atoms with Gasteiger partial charge in [0, 0.05) is 41.4 Å². The molecule has 3 fully saturated rings. The molecular weight excluding hydrogens is 368 g/mol. The standard InChI is InChI=1S/C22H30N4OS/c27-22(17-5-6-17)24-21-9-12-23-26(21)18-10-13-25(14-11-18)15-19-7-8-20(28-19)16-3-1-2-4-16/h7-9,12,16-18H,1-6,10-11,13-15H2,(H,24,27). The number of rotatable bonds is 6. The molecule has 0 aromatic carbocycles. The van der Waals surface area contributed by atoms with Gasteiger partial charge in [-0.05, 0) is 56.6 Å². The van der Waals surface area contributed by atoms with Crippen LogP contribution in [0.1, 0.15) is 73.1 Å². The lowest BCUT2D eigenvalue weighted by Gasteiger charge is -2.32. The van der Waals surface area contributed by atoms with E-state index in [2.05, 4.69) is 27.4 Å². The summed E-state index contributed by atoms with van der Waals surface area (Å²) in [6.45, 7) is 3.27. The summed E-state index contributed by atoms with van der Waals surface area (Å²) >= 11 is 2.03. The molecule has 2 aromatic rings. The molecule has 2 aromatic heterocycles. The molecule has 2 saturated carbocycles. The maximum Gasteiger partial charge on any atom is 0.228 e. The zero-order chi connectivity index (χ0) is 18.9. The van der Waals surface area contributed by atoms with Crippen molar-refractivity contribution in [1.82, 2.24) is 14.7 Å². The number of carbonyl (C=O) groups is 1. The Balaban J connectivity index is 1.15. The highest BCUT2D eigenvalue weighted by Gasteiger charge is 2.31. The lowest BCUT2D eigenvalue weighted by molar-refractivity contribution is -0.117. The quantitative estimate of drug-likeness (QED) is 0.761. The minimum atomic E-state index is 0.162. The van der Waals surface area contributed by atoms with Crippen LogP contribution in [0.15, 0.2) is 24.4 Å². The average Bonchev–Trinajstić information content (AvgIpc) is 3.10. The summed E-state index contributed by atoms with van der Waals surface area (Å²) in [4.78, 5) is 17.8. The first-order valence-corrected chi connectivity index (χ1v) is 11.7. The fourth-order valence-electron chi connectivity index (χ4n) is 4.73. The number of hydrogen-bond donors (Lipinski definition) is 1. The van der Waals surface area contributed by atoms with E-state index >= 15 is 0 Å². The van der Waals surface area contributed by atoms with Gasteiger partial charge in [-0.1, -0.05) is 12.8 Å². The van der Waals surface area contributed by atoms with Crippen molar-refractivity contribution < 1.29 is 4.79 Å². The summed E-state index contributed by atoms with van der Waals surface area (Å²) in [6.07, 6.45) is 11.6. The Hall–Kier alpha value is -1.66. The highest BCUT2D eigenvalue weighted by atomic mass is 32.1. The van der Waals surface area contributed by atoms with Crippen molar-refractivity contribution >= 4 is 23.1 Å². The van der Waals surface area contributed by atoms with Crippen molar-refractivity contribution in [2.24, 2.45) is 5.92 Å². The molecule has 0 bridgehead atoms.